The summed E-state index contributed by atoms with van der Waals surface area (Å²) in [7, 11) is 0. The molecule has 1 aliphatic rings. The van der Waals surface area contributed by atoms with E-state index in [4.69, 9.17) is 0 Å². The minimum atomic E-state index is -0.105. The number of carbonyl (C=O) groups is 1. The van der Waals surface area contributed by atoms with E-state index in [1.165, 1.54) is 16.7 Å². The van der Waals surface area contributed by atoms with Crippen LogP contribution in [-0.4, -0.2) is 35.9 Å². The molecule has 2 aromatic heterocycles. The van der Waals surface area contributed by atoms with Crippen molar-refractivity contribution in [2.24, 2.45) is 0 Å². The van der Waals surface area contributed by atoms with Crippen molar-refractivity contribution >= 4 is 5.91 Å². The molecule has 4 rings (SSSR count). The Balaban J connectivity index is 1.57. The van der Waals surface area contributed by atoms with Crippen LogP contribution in [-0.2, 0) is 12.0 Å². The minimum absolute atomic E-state index is 0.0194. The van der Waals surface area contributed by atoms with Gasteiger partial charge in [-0.15, -0.1) is 5.10 Å². The van der Waals surface area contributed by atoms with Crippen LogP contribution in [0.3, 0.4) is 0 Å². The molecule has 8 heteroatoms. The molecule has 3 aromatic rings. The first-order valence-corrected chi connectivity index (χ1v) is 9.15. The molecule has 1 amide bonds. The molecule has 27 heavy (non-hydrogen) atoms. The molecule has 1 aliphatic carbocycles. The van der Waals surface area contributed by atoms with E-state index in [1.807, 2.05) is 18.3 Å². The molecule has 0 aliphatic heterocycles. The monoisotopic (exact) mass is 365 g/mol. The normalized spacial score (nSPS) is 16.8. The van der Waals surface area contributed by atoms with Gasteiger partial charge in [0.25, 0.3) is 5.91 Å². The van der Waals surface area contributed by atoms with Gasteiger partial charge in [0.05, 0.1) is 23.5 Å². The van der Waals surface area contributed by atoms with Crippen molar-refractivity contribution in [3.8, 4) is 5.69 Å². The molecule has 8 nitrogen and oxygen atoms in total. The van der Waals surface area contributed by atoms with E-state index in [0.29, 0.717) is 5.56 Å². The highest BCUT2D eigenvalue weighted by Gasteiger charge is 2.29. The van der Waals surface area contributed by atoms with Crippen LogP contribution < -0.4 is 5.32 Å². The summed E-state index contributed by atoms with van der Waals surface area (Å²) in [6, 6.07) is 7.25. The maximum atomic E-state index is 12.8. The van der Waals surface area contributed by atoms with E-state index in [0.717, 1.165) is 30.5 Å². The Labute approximate surface area is 157 Å². The first-order chi connectivity index (χ1) is 12.9. The summed E-state index contributed by atoms with van der Waals surface area (Å²) in [4.78, 5) is 12.8. The van der Waals surface area contributed by atoms with Gasteiger partial charge >= 0.3 is 0 Å². The van der Waals surface area contributed by atoms with E-state index in [-0.39, 0.29) is 17.5 Å². The summed E-state index contributed by atoms with van der Waals surface area (Å²) in [5.41, 5.74) is 3.61. The van der Waals surface area contributed by atoms with Gasteiger partial charge < -0.3 is 5.32 Å². The molecular weight excluding hydrogens is 342 g/mol. The zero-order valence-electron chi connectivity index (χ0n) is 15.8. The largest absolute Gasteiger partial charge is 0.345 e. The lowest BCUT2D eigenvalue weighted by molar-refractivity contribution is 0.0932. The number of carbonyl (C=O) groups excluding carboxylic acids is 1. The second-order valence-corrected chi connectivity index (χ2v) is 7.85. The summed E-state index contributed by atoms with van der Waals surface area (Å²) in [5, 5.41) is 18.9. The molecule has 0 saturated carbocycles. The number of amides is 1. The molecule has 1 atom stereocenters. The van der Waals surface area contributed by atoms with Crippen LogP contribution >= 0.6 is 0 Å². The highest BCUT2D eigenvalue weighted by atomic mass is 16.1. The lowest BCUT2D eigenvalue weighted by atomic mass is 9.92. The molecule has 0 fully saturated rings. The fraction of sp³-hybridized carbons (Fsp3) is 0.421. The quantitative estimate of drug-likeness (QED) is 0.770. The summed E-state index contributed by atoms with van der Waals surface area (Å²) in [5.74, 6) is -0.105. The van der Waals surface area contributed by atoms with Gasteiger partial charge in [-0.1, -0.05) is 6.07 Å². The lowest BCUT2D eigenvalue weighted by Gasteiger charge is -2.28. The maximum Gasteiger partial charge on any atom is 0.251 e. The Hall–Kier alpha value is -3.03. The van der Waals surface area contributed by atoms with Crippen molar-refractivity contribution in [3.63, 3.8) is 0 Å². The van der Waals surface area contributed by atoms with Crippen molar-refractivity contribution in [2.45, 2.75) is 51.6 Å². The Morgan fingerprint density at radius 3 is 2.89 bits per heavy atom. The van der Waals surface area contributed by atoms with Crippen LogP contribution in [0.5, 0.6) is 0 Å². The third-order valence-electron chi connectivity index (χ3n) is 4.85. The van der Waals surface area contributed by atoms with Crippen molar-refractivity contribution < 1.29 is 4.79 Å². The standard InChI is InChI=1S/C19H23N7O/c1-19(2,3)26-17-9-5-8-16(15(17)11-21-26)22-18(27)13-6-4-7-14(10-13)25-12-20-23-24-25/h4,6-7,10-12,16H,5,8-9H2,1-3H3,(H,22,27)/t16-/m1/s1. The van der Waals surface area contributed by atoms with Crippen LogP contribution in [0, 0.1) is 0 Å². The van der Waals surface area contributed by atoms with Gasteiger partial charge in [0.2, 0.25) is 0 Å². The average Bonchev–Trinajstić information content (AvgIpc) is 3.31. The second-order valence-electron chi connectivity index (χ2n) is 7.85. The highest BCUT2D eigenvalue weighted by Crippen LogP contribution is 2.32. The van der Waals surface area contributed by atoms with Gasteiger partial charge in [-0.2, -0.15) is 5.10 Å². The lowest BCUT2D eigenvalue weighted by Crippen LogP contribution is -2.32. The average molecular weight is 365 g/mol. The molecule has 1 N–H and O–H groups in total. The van der Waals surface area contributed by atoms with Gasteiger partial charge in [-0.25, -0.2) is 4.68 Å². The van der Waals surface area contributed by atoms with Gasteiger partial charge in [0, 0.05) is 16.8 Å². The number of nitrogens with zero attached hydrogens (tertiary/aromatic N) is 6. The number of hydrogen-bond acceptors (Lipinski definition) is 5. The summed E-state index contributed by atoms with van der Waals surface area (Å²) in [6.45, 7) is 6.44. The number of hydrogen-bond donors (Lipinski definition) is 1. The van der Waals surface area contributed by atoms with Crippen LogP contribution in [0.25, 0.3) is 5.69 Å². The predicted molar refractivity (Wildman–Crippen MR) is 99.5 cm³/mol. The number of benzene rings is 1. The molecule has 0 bridgehead atoms. The van der Waals surface area contributed by atoms with Crippen LogP contribution in [0.15, 0.2) is 36.8 Å². The van der Waals surface area contributed by atoms with E-state index < -0.39 is 0 Å². The maximum absolute atomic E-state index is 12.8. The fourth-order valence-corrected chi connectivity index (χ4v) is 3.60. The van der Waals surface area contributed by atoms with Crippen molar-refractivity contribution in [2.75, 3.05) is 0 Å². The Morgan fingerprint density at radius 2 is 2.15 bits per heavy atom. The van der Waals surface area contributed by atoms with E-state index >= 15 is 0 Å². The third-order valence-corrected chi connectivity index (χ3v) is 4.85. The molecular formula is C19H23N7O. The Bertz CT molecular complexity index is 953. The summed E-state index contributed by atoms with van der Waals surface area (Å²) < 4.78 is 3.61. The summed E-state index contributed by atoms with van der Waals surface area (Å²) >= 11 is 0. The summed E-state index contributed by atoms with van der Waals surface area (Å²) in [6.07, 6.45) is 6.35. The van der Waals surface area contributed by atoms with Gasteiger partial charge in [0.15, 0.2) is 0 Å². The van der Waals surface area contributed by atoms with Crippen LogP contribution in [0.2, 0.25) is 0 Å². The van der Waals surface area contributed by atoms with Gasteiger partial charge in [-0.3, -0.25) is 9.48 Å². The number of nitrogens with one attached hydrogen (secondary N) is 1. The number of aromatic nitrogens is 6. The first kappa shape index (κ1) is 17.4. The van der Waals surface area contributed by atoms with Crippen LogP contribution in [0.4, 0.5) is 0 Å². The Kier molecular flexibility index (Phi) is 4.25. The van der Waals surface area contributed by atoms with Crippen molar-refractivity contribution in [1.29, 1.82) is 0 Å². The smallest absolute Gasteiger partial charge is 0.251 e. The molecule has 0 spiro atoms. The molecule has 0 unspecified atom stereocenters. The minimum Gasteiger partial charge on any atom is -0.345 e. The van der Waals surface area contributed by atoms with E-state index in [1.54, 1.807) is 12.1 Å². The second kappa shape index (κ2) is 6.61. The van der Waals surface area contributed by atoms with Gasteiger partial charge in [-0.05, 0) is 68.7 Å². The molecule has 2 heterocycles. The SMILES string of the molecule is CC(C)(C)n1ncc2c1CCC[C@H]2NC(=O)c1cccc(-n2cnnn2)c1. The van der Waals surface area contributed by atoms with Crippen molar-refractivity contribution in [1.82, 2.24) is 35.3 Å². The number of tetrazole rings is 1. The van der Waals surface area contributed by atoms with Crippen LogP contribution in [0.1, 0.15) is 61.3 Å². The van der Waals surface area contributed by atoms with E-state index in [2.05, 4.69) is 51.4 Å². The fourth-order valence-electron chi connectivity index (χ4n) is 3.60. The molecule has 0 saturated heterocycles. The zero-order chi connectivity index (χ0) is 19.0. The molecule has 0 radical (unpaired) electrons. The highest BCUT2D eigenvalue weighted by molar-refractivity contribution is 5.95. The molecule has 1 aromatic carbocycles. The third kappa shape index (κ3) is 3.34. The topological polar surface area (TPSA) is 90.5 Å². The first-order valence-electron chi connectivity index (χ1n) is 9.15. The predicted octanol–water partition coefficient (Wildman–Crippen LogP) is 2.42. The van der Waals surface area contributed by atoms with Gasteiger partial charge in [0.1, 0.15) is 6.33 Å². The Morgan fingerprint density at radius 1 is 1.30 bits per heavy atom. The van der Waals surface area contributed by atoms with Crippen molar-refractivity contribution in [3.05, 3.63) is 53.6 Å². The molecule has 140 valence electrons. The van der Waals surface area contributed by atoms with E-state index in [9.17, 15) is 4.79 Å². The zero-order valence-corrected chi connectivity index (χ0v) is 15.8. The number of rotatable bonds is 3. The number of fused-ring (bicyclic) bond motifs is 1.